The molecule has 0 unspecified atom stereocenters. The van der Waals surface area contributed by atoms with Gasteiger partial charge < -0.3 is 14.6 Å². The van der Waals surface area contributed by atoms with Crippen molar-refractivity contribution in [2.24, 2.45) is 0 Å². The molecular weight excluding hydrogens is 280 g/mol. The number of hydrogen-bond donors (Lipinski definition) is 1. The maximum absolute atomic E-state index is 11.7. The first-order chi connectivity index (χ1) is 10.7. The number of ether oxygens (including phenoxy) is 1. The summed E-state index contributed by atoms with van der Waals surface area (Å²) in [4.78, 5) is 11.7. The largest absolute Gasteiger partial charge is 0.486 e. The molecule has 2 aromatic rings. The zero-order valence-electron chi connectivity index (χ0n) is 12.9. The van der Waals surface area contributed by atoms with Gasteiger partial charge in [-0.1, -0.05) is 6.92 Å². The molecule has 2 heterocycles. The number of fused-ring (bicyclic) bond motifs is 1. The van der Waals surface area contributed by atoms with Gasteiger partial charge in [-0.15, -0.1) is 10.2 Å². The molecule has 0 spiro atoms. The minimum atomic E-state index is -0.00823. The summed E-state index contributed by atoms with van der Waals surface area (Å²) in [5.74, 6) is 2.49. The Morgan fingerprint density at radius 2 is 2.23 bits per heavy atom. The fourth-order valence-electron chi connectivity index (χ4n) is 2.69. The molecule has 1 aliphatic heterocycles. The molecule has 1 aromatic carbocycles. The van der Waals surface area contributed by atoms with Gasteiger partial charge in [-0.2, -0.15) is 0 Å². The Morgan fingerprint density at radius 1 is 1.36 bits per heavy atom. The normalized spacial score (nSPS) is 13.6. The molecule has 0 radical (unpaired) electrons. The van der Waals surface area contributed by atoms with E-state index in [-0.39, 0.29) is 5.91 Å². The van der Waals surface area contributed by atoms with E-state index in [4.69, 9.17) is 4.74 Å². The van der Waals surface area contributed by atoms with Crippen LogP contribution >= 0.6 is 0 Å². The number of benzene rings is 1. The average Bonchev–Trinajstić information content (AvgIpc) is 2.86. The van der Waals surface area contributed by atoms with Gasteiger partial charge in [0.05, 0.1) is 0 Å². The Balaban J connectivity index is 1.73. The van der Waals surface area contributed by atoms with Crippen LogP contribution in [0, 0.1) is 6.92 Å². The van der Waals surface area contributed by atoms with E-state index in [0.29, 0.717) is 13.2 Å². The number of nitrogens with zero attached hydrogens (tertiary/aromatic N) is 3. The molecule has 0 bridgehead atoms. The van der Waals surface area contributed by atoms with E-state index >= 15 is 0 Å². The van der Waals surface area contributed by atoms with E-state index in [0.717, 1.165) is 47.9 Å². The van der Waals surface area contributed by atoms with Crippen molar-refractivity contribution < 1.29 is 9.53 Å². The lowest BCUT2D eigenvalue weighted by Crippen LogP contribution is -2.31. The molecule has 0 atom stereocenters. The number of aryl methyl sites for hydroxylation is 1. The van der Waals surface area contributed by atoms with Gasteiger partial charge in [0.25, 0.3) is 5.91 Å². The summed E-state index contributed by atoms with van der Waals surface area (Å²) in [5, 5.41) is 11.1. The predicted molar refractivity (Wildman–Crippen MR) is 81.9 cm³/mol. The van der Waals surface area contributed by atoms with Gasteiger partial charge >= 0.3 is 0 Å². The number of carbonyl (C=O) groups is 1. The number of amides is 1. The quantitative estimate of drug-likeness (QED) is 0.915. The zero-order chi connectivity index (χ0) is 15.5. The number of aromatic nitrogens is 3. The van der Waals surface area contributed by atoms with Crippen molar-refractivity contribution >= 4 is 5.91 Å². The summed E-state index contributed by atoms with van der Waals surface area (Å²) in [5.41, 5.74) is 1.77. The van der Waals surface area contributed by atoms with Crippen LogP contribution in [0.5, 0.6) is 5.75 Å². The van der Waals surface area contributed by atoms with E-state index < -0.39 is 0 Å². The molecule has 6 heteroatoms. The molecule has 1 N–H and O–H groups in total. The highest BCUT2D eigenvalue weighted by atomic mass is 16.5. The molecule has 22 heavy (non-hydrogen) atoms. The SMILES string of the molecule is CCCn1c(C)nnc1COc1ccc2c(c1)CCNC2=O. The van der Waals surface area contributed by atoms with Crippen LogP contribution in [0.1, 0.15) is 40.9 Å². The van der Waals surface area contributed by atoms with Gasteiger partial charge in [0, 0.05) is 18.7 Å². The van der Waals surface area contributed by atoms with E-state index in [1.54, 1.807) is 0 Å². The smallest absolute Gasteiger partial charge is 0.251 e. The Morgan fingerprint density at radius 3 is 3.05 bits per heavy atom. The highest BCUT2D eigenvalue weighted by molar-refractivity contribution is 5.96. The standard InChI is InChI=1S/C16H20N4O2/c1-3-8-20-11(2)18-19-15(20)10-22-13-4-5-14-12(9-13)6-7-17-16(14)21/h4-5,9H,3,6-8,10H2,1-2H3,(H,17,21). The fraction of sp³-hybridized carbons (Fsp3) is 0.438. The van der Waals surface area contributed by atoms with Crippen LogP contribution in [0.15, 0.2) is 18.2 Å². The zero-order valence-corrected chi connectivity index (χ0v) is 12.9. The van der Waals surface area contributed by atoms with Gasteiger partial charge in [-0.05, 0) is 43.5 Å². The van der Waals surface area contributed by atoms with Crippen molar-refractivity contribution in [3.63, 3.8) is 0 Å². The molecular formula is C16H20N4O2. The number of hydrogen-bond acceptors (Lipinski definition) is 4. The molecule has 1 aromatic heterocycles. The van der Waals surface area contributed by atoms with Gasteiger partial charge in [0.2, 0.25) is 0 Å². The Kier molecular flexibility index (Phi) is 4.09. The van der Waals surface area contributed by atoms with Crippen molar-refractivity contribution in [2.45, 2.75) is 39.8 Å². The lowest BCUT2D eigenvalue weighted by Gasteiger charge is -2.17. The monoisotopic (exact) mass is 300 g/mol. The number of nitrogens with one attached hydrogen (secondary N) is 1. The number of carbonyl (C=O) groups excluding carboxylic acids is 1. The summed E-state index contributed by atoms with van der Waals surface area (Å²) in [7, 11) is 0. The van der Waals surface area contributed by atoms with Crippen molar-refractivity contribution in [3.05, 3.63) is 41.0 Å². The third kappa shape index (κ3) is 2.81. The molecule has 0 fully saturated rings. The first kappa shape index (κ1) is 14.6. The lowest BCUT2D eigenvalue weighted by molar-refractivity contribution is 0.0946. The predicted octanol–water partition coefficient (Wildman–Crippen LogP) is 1.86. The summed E-state index contributed by atoms with van der Waals surface area (Å²) in [6.07, 6.45) is 1.86. The second-order valence-corrected chi connectivity index (χ2v) is 5.43. The van der Waals surface area contributed by atoms with E-state index in [9.17, 15) is 4.79 Å². The van der Waals surface area contributed by atoms with Crippen LogP contribution < -0.4 is 10.1 Å². The van der Waals surface area contributed by atoms with Gasteiger partial charge in [0.1, 0.15) is 18.2 Å². The maximum atomic E-state index is 11.7. The molecule has 6 nitrogen and oxygen atoms in total. The fourth-order valence-corrected chi connectivity index (χ4v) is 2.69. The van der Waals surface area contributed by atoms with E-state index in [1.807, 2.05) is 25.1 Å². The average molecular weight is 300 g/mol. The first-order valence-corrected chi connectivity index (χ1v) is 7.61. The molecule has 1 amide bonds. The van der Waals surface area contributed by atoms with Gasteiger partial charge in [0.15, 0.2) is 5.82 Å². The highest BCUT2D eigenvalue weighted by Crippen LogP contribution is 2.21. The molecule has 0 saturated carbocycles. The van der Waals surface area contributed by atoms with E-state index in [1.165, 1.54) is 0 Å². The van der Waals surface area contributed by atoms with Crippen LogP contribution in [-0.4, -0.2) is 27.2 Å². The van der Waals surface area contributed by atoms with Crippen molar-refractivity contribution in [3.8, 4) is 5.75 Å². The molecule has 0 aliphatic carbocycles. The van der Waals surface area contributed by atoms with Crippen LogP contribution in [-0.2, 0) is 19.6 Å². The van der Waals surface area contributed by atoms with Crippen LogP contribution in [0.4, 0.5) is 0 Å². The van der Waals surface area contributed by atoms with Crippen molar-refractivity contribution in [1.29, 1.82) is 0 Å². The first-order valence-electron chi connectivity index (χ1n) is 7.61. The second kappa shape index (κ2) is 6.17. The van der Waals surface area contributed by atoms with Crippen LogP contribution in [0.3, 0.4) is 0 Å². The molecule has 116 valence electrons. The van der Waals surface area contributed by atoms with Gasteiger partial charge in [-0.3, -0.25) is 4.79 Å². The summed E-state index contributed by atoms with van der Waals surface area (Å²) in [6, 6.07) is 5.60. The molecule has 0 saturated heterocycles. The Labute approximate surface area is 129 Å². The minimum Gasteiger partial charge on any atom is -0.486 e. The molecule has 3 rings (SSSR count). The summed E-state index contributed by atoms with van der Waals surface area (Å²) >= 11 is 0. The summed E-state index contributed by atoms with van der Waals surface area (Å²) < 4.78 is 7.91. The minimum absolute atomic E-state index is 0.00823. The summed E-state index contributed by atoms with van der Waals surface area (Å²) in [6.45, 7) is 6.02. The second-order valence-electron chi connectivity index (χ2n) is 5.43. The van der Waals surface area contributed by atoms with Gasteiger partial charge in [-0.25, -0.2) is 0 Å². The third-order valence-electron chi connectivity index (χ3n) is 3.83. The van der Waals surface area contributed by atoms with Crippen molar-refractivity contribution in [2.75, 3.05) is 6.54 Å². The van der Waals surface area contributed by atoms with Crippen LogP contribution in [0.25, 0.3) is 0 Å². The molecule has 1 aliphatic rings. The third-order valence-corrected chi connectivity index (χ3v) is 3.83. The van der Waals surface area contributed by atoms with Crippen molar-refractivity contribution in [1.82, 2.24) is 20.1 Å². The lowest BCUT2D eigenvalue weighted by atomic mass is 10.0. The maximum Gasteiger partial charge on any atom is 0.251 e. The Hall–Kier alpha value is -2.37. The topological polar surface area (TPSA) is 69.0 Å². The number of rotatable bonds is 5. The Bertz CT molecular complexity index is 693. The van der Waals surface area contributed by atoms with E-state index in [2.05, 4.69) is 27.0 Å². The van der Waals surface area contributed by atoms with Crippen LogP contribution in [0.2, 0.25) is 0 Å². The highest BCUT2D eigenvalue weighted by Gasteiger charge is 2.17.